The maximum Gasteiger partial charge on any atom is 0.0165 e. The second kappa shape index (κ2) is 8.75. The summed E-state index contributed by atoms with van der Waals surface area (Å²) in [6.07, 6.45) is 0. The van der Waals surface area contributed by atoms with Gasteiger partial charge in [-0.3, -0.25) is 0 Å². The van der Waals surface area contributed by atoms with Crippen molar-refractivity contribution in [3.8, 4) is 22.3 Å². The summed E-state index contributed by atoms with van der Waals surface area (Å²) < 4.78 is 0. The van der Waals surface area contributed by atoms with Gasteiger partial charge in [-0.1, -0.05) is 153 Å². The molecule has 0 bridgehead atoms. The average molecular weight is 595 g/mol. The number of hydrogen-bond donors (Lipinski definition) is 0. The lowest BCUT2D eigenvalue weighted by molar-refractivity contribution is 0.667. The Labute approximate surface area is 272 Å². The zero-order chi connectivity index (χ0) is 31.0. The minimum Gasteiger partial charge on any atom is -0.0616 e. The molecule has 0 heteroatoms. The third-order valence-electron chi connectivity index (χ3n) is 11.3. The molecule has 0 spiro atoms. The highest BCUT2D eigenvalue weighted by molar-refractivity contribution is 6.33. The van der Waals surface area contributed by atoms with E-state index in [9.17, 15) is 0 Å². The monoisotopic (exact) mass is 594 g/mol. The van der Waals surface area contributed by atoms with Crippen molar-refractivity contribution in [2.24, 2.45) is 0 Å². The zero-order valence-electron chi connectivity index (χ0n) is 26.4. The molecule has 1 aliphatic carbocycles. The Bertz CT molecular complexity index is 2940. The van der Waals surface area contributed by atoms with Gasteiger partial charge in [0.2, 0.25) is 0 Å². The Morgan fingerprint density at radius 2 is 0.872 bits per heavy atom. The summed E-state index contributed by atoms with van der Waals surface area (Å²) in [4.78, 5) is 0. The molecule has 0 radical (unpaired) electrons. The van der Waals surface area contributed by atoms with Gasteiger partial charge in [-0.25, -0.2) is 0 Å². The predicted molar refractivity (Wildman–Crippen MR) is 203 cm³/mol. The van der Waals surface area contributed by atoms with E-state index < -0.39 is 0 Å². The molecule has 1 aliphatic rings. The van der Waals surface area contributed by atoms with Crippen molar-refractivity contribution in [1.29, 1.82) is 0 Å². The molecular weight excluding hydrogens is 565 g/mol. The summed E-state index contributed by atoms with van der Waals surface area (Å²) in [5.41, 5.74) is 8.00. The Kier molecular flexibility index (Phi) is 4.74. The SMILES string of the molecule is CC1(C)c2cc(-c3ccc4ccc5cccc6ccc3c4c56)ccc2-c2ccc3c4ccc5ccccc5c4c4ccccc4c3c21. The van der Waals surface area contributed by atoms with Gasteiger partial charge in [-0.15, -0.1) is 0 Å². The van der Waals surface area contributed by atoms with Crippen LogP contribution in [0.15, 0.2) is 146 Å². The van der Waals surface area contributed by atoms with Crippen LogP contribution in [0.4, 0.5) is 0 Å². The highest BCUT2D eigenvalue weighted by atomic mass is 14.4. The summed E-state index contributed by atoms with van der Waals surface area (Å²) >= 11 is 0. The third kappa shape index (κ3) is 3.18. The summed E-state index contributed by atoms with van der Waals surface area (Å²) in [6, 6.07) is 55.0. The first-order chi connectivity index (χ1) is 23.1. The van der Waals surface area contributed by atoms with Crippen LogP contribution in [0.1, 0.15) is 25.0 Å². The molecular formula is C47H30. The van der Waals surface area contributed by atoms with Gasteiger partial charge in [0.25, 0.3) is 0 Å². The number of fused-ring (bicyclic) bond motifs is 12. The number of rotatable bonds is 1. The summed E-state index contributed by atoms with van der Waals surface area (Å²) in [5, 5.41) is 18.7. The number of benzene rings is 10. The topological polar surface area (TPSA) is 0 Å². The fraction of sp³-hybridized carbons (Fsp3) is 0.0638. The normalized spacial score (nSPS) is 13.9. The van der Waals surface area contributed by atoms with E-state index in [1.54, 1.807) is 0 Å². The van der Waals surface area contributed by atoms with Gasteiger partial charge in [0, 0.05) is 5.41 Å². The first kappa shape index (κ1) is 25.5. The molecule has 0 saturated carbocycles. The second-order valence-corrected chi connectivity index (χ2v) is 14.0. The van der Waals surface area contributed by atoms with E-state index in [2.05, 4.69) is 159 Å². The molecule has 0 aromatic heterocycles. The van der Waals surface area contributed by atoms with E-state index in [4.69, 9.17) is 0 Å². The van der Waals surface area contributed by atoms with Gasteiger partial charge in [-0.2, -0.15) is 0 Å². The lowest BCUT2D eigenvalue weighted by atomic mass is 9.77. The molecule has 10 aromatic carbocycles. The lowest BCUT2D eigenvalue weighted by Crippen LogP contribution is -2.16. The Balaban J connectivity index is 1.19. The van der Waals surface area contributed by atoms with Crippen LogP contribution in [-0.2, 0) is 5.41 Å². The first-order valence-corrected chi connectivity index (χ1v) is 16.7. The van der Waals surface area contributed by atoms with Crippen molar-refractivity contribution in [3.05, 3.63) is 157 Å². The van der Waals surface area contributed by atoms with Crippen LogP contribution in [0.3, 0.4) is 0 Å². The zero-order valence-corrected chi connectivity index (χ0v) is 26.4. The van der Waals surface area contributed by atoms with Crippen molar-refractivity contribution in [2.45, 2.75) is 19.3 Å². The molecule has 10 aromatic rings. The minimum atomic E-state index is -0.169. The lowest BCUT2D eigenvalue weighted by Gasteiger charge is -2.25. The standard InChI is InChI=1S/C47H30/c1-47(2)41-26-31(32-20-17-30-15-14-28-9-7-10-29-18-23-37(32)43(30)42(28)29)19-21-34(41)40-25-24-39-38-22-16-27-8-3-4-11-33(27)44(38)35-12-5-6-13-36(35)45(39)46(40)47/h3-26H,1-2H3. The van der Waals surface area contributed by atoms with Crippen molar-refractivity contribution in [3.63, 3.8) is 0 Å². The van der Waals surface area contributed by atoms with Gasteiger partial charge in [0.15, 0.2) is 0 Å². The summed E-state index contributed by atoms with van der Waals surface area (Å²) in [6.45, 7) is 4.87. The van der Waals surface area contributed by atoms with E-state index in [0.29, 0.717) is 0 Å². The van der Waals surface area contributed by atoms with Crippen LogP contribution in [-0.4, -0.2) is 0 Å². The molecule has 0 unspecified atom stereocenters. The highest BCUT2D eigenvalue weighted by Crippen LogP contribution is 2.55. The predicted octanol–water partition coefficient (Wildman–Crippen LogP) is 13.2. The van der Waals surface area contributed by atoms with E-state index >= 15 is 0 Å². The second-order valence-electron chi connectivity index (χ2n) is 14.0. The van der Waals surface area contributed by atoms with Crippen LogP contribution in [0.2, 0.25) is 0 Å². The molecule has 0 fully saturated rings. The molecule has 0 aliphatic heterocycles. The molecule has 47 heavy (non-hydrogen) atoms. The van der Waals surface area contributed by atoms with E-state index in [-0.39, 0.29) is 5.41 Å². The maximum atomic E-state index is 2.49. The van der Waals surface area contributed by atoms with Gasteiger partial charge < -0.3 is 0 Å². The van der Waals surface area contributed by atoms with Crippen LogP contribution < -0.4 is 0 Å². The van der Waals surface area contributed by atoms with Gasteiger partial charge in [-0.05, 0) is 115 Å². The van der Waals surface area contributed by atoms with Crippen molar-refractivity contribution < 1.29 is 0 Å². The Hall–Kier alpha value is -5.72. The van der Waals surface area contributed by atoms with Gasteiger partial charge in [0.05, 0.1) is 0 Å². The van der Waals surface area contributed by atoms with Crippen molar-refractivity contribution in [1.82, 2.24) is 0 Å². The average Bonchev–Trinajstić information content (AvgIpc) is 3.35. The molecule has 0 atom stereocenters. The molecule has 11 rings (SSSR count). The molecule has 0 N–H and O–H groups in total. The fourth-order valence-corrected chi connectivity index (χ4v) is 9.27. The van der Waals surface area contributed by atoms with Gasteiger partial charge in [0.1, 0.15) is 0 Å². The van der Waals surface area contributed by atoms with Crippen LogP contribution >= 0.6 is 0 Å². The van der Waals surface area contributed by atoms with E-state index in [1.807, 2.05) is 0 Å². The Morgan fingerprint density at radius 1 is 0.340 bits per heavy atom. The molecule has 0 saturated heterocycles. The van der Waals surface area contributed by atoms with E-state index in [0.717, 1.165) is 0 Å². The third-order valence-corrected chi connectivity index (χ3v) is 11.3. The quantitative estimate of drug-likeness (QED) is 0.166. The largest absolute Gasteiger partial charge is 0.0616 e. The summed E-state index contributed by atoms with van der Waals surface area (Å²) in [7, 11) is 0. The van der Waals surface area contributed by atoms with Crippen LogP contribution in [0, 0.1) is 0 Å². The van der Waals surface area contributed by atoms with Gasteiger partial charge >= 0.3 is 0 Å². The fourth-order valence-electron chi connectivity index (χ4n) is 9.27. The minimum absolute atomic E-state index is 0.169. The molecule has 0 nitrogen and oxygen atoms in total. The molecule has 218 valence electrons. The molecule has 0 heterocycles. The Morgan fingerprint density at radius 3 is 1.70 bits per heavy atom. The number of hydrogen-bond acceptors (Lipinski definition) is 0. The smallest absolute Gasteiger partial charge is 0.0165 e. The summed E-state index contributed by atoms with van der Waals surface area (Å²) in [5.74, 6) is 0. The van der Waals surface area contributed by atoms with Crippen LogP contribution in [0.5, 0.6) is 0 Å². The van der Waals surface area contributed by atoms with Crippen molar-refractivity contribution in [2.75, 3.05) is 0 Å². The van der Waals surface area contributed by atoms with E-state index in [1.165, 1.54) is 109 Å². The molecule has 0 amide bonds. The maximum absolute atomic E-state index is 2.49. The first-order valence-electron chi connectivity index (χ1n) is 16.7. The van der Waals surface area contributed by atoms with Crippen LogP contribution in [0.25, 0.3) is 97.7 Å². The highest BCUT2D eigenvalue weighted by Gasteiger charge is 2.38. The van der Waals surface area contributed by atoms with Crippen molar-refractivity contribution >= 4 is 75.4 Å².